The first-order chi connectivity index (χ1) is 7.31. The van der Waals surface area contributed by atoms with Gasteiger partial charge in [-0.05, 0) is 26.2 Å². The Morgan fingerprint density at radius 1 is 1.00 bits per heavy atom. The molecule has 15 heavy (non-hydrogen) atoms. The number of hydrogen-bond donors (Lipinski definition) is 1. The summed E-state index contributed by atoms with van der Waals surface area (Å²) in [4.78, 5) is 0. The summed E-state index contributed by atoms with van der Waals surface area (Å²) < 4.78 is 0. The topological polar surface area (TPSA) is 20.2 Å². The molecule has 0 saturated heterocycles. The number of hydrogen-bond acceptors (Lipinski definition) is 1. The minimum atomic E-state index is 0.350. The zero-order valence-corrected chi connectivity index (χ0v) is 10.2. The van der Waals surface area contributed by atoms with Crippen molar-refractivity contribution >= 4 is 0 Å². The van der Waals surface area contributed by atoms with Crippen LogP contribution in [0.4, 0.5) is 0 Å². The van der Waals surface area contributed by atoms with Crippen molar-refractivity contribution in [2.75, 3.05) is 6.61 Å². The van der Waals surface area contributed by atoms with Crippen molar-refractivity contribution in [2.24, 2.45) is 0 Å². The standard InChI is InChI=1S/C14H26O/c1-3-11-14(2)12-9-7-5-4-6-8-10-13-15/h3,11,15H,2,4-10,12-13H2,1H3/b11-3-. The molecule has 0 aromatic heterocycles. The molecule has 0 aliphatic heterocycles. The van der Waals surface area contributed by atoms with Crippen LogP contribution in [-0.2, 0) is 0 Å². The Hall–Kier alpha value is -0.560. The monoisotopic (exact) mass is 210 g/mol. The quantitative estimate of drug-likeness (QED) is 0.422. The number of allylic oxidation sites excluding steroid dienone is 3. The summed E-state index contributed by atoms with van der Waals surface area (Å²) in [7, 11) is 0. The SMILES string of the molecule is C=C(/C=C\C)CCCCCCCCCO. The van der Waals surface area contributed by atoms with Crippen molar-refractivity contribution in [1.29, 1.82) is 0 Å². The maximum absolute atomic E-state index is 8.60. The maximum atomic E-state index is 8.60. The van der Waals surface area contributed by atoms with Crippen molar-refractivity contribution in [3.8, 4) is 0 Å². The molecule has 0 aliphatic rings. The lowest BCUT2D eigenvalue weighted by molar-refractivity contribution is 0.282. The van der Waals surface area contributed by atoms with Gasteiger partial charge in [-0.2, -0.15) is 0 Å². The van der Waals surface area contributed by atoms with Gasteiger partial charge in [0.25, 0.3) is 0 Å². The molecule has 1 heteroatoms. The number of unbranched alkanes of at least 4 members (excludes halogenated alkanes) is 6. The lowest BCUT2D eigenvalue weighted by atomic mass is 10.1. The summed E-state index contributed by atoms with van der Waals surface area (Å²) in [5, 5.41) is 8.60. The molecule has 1 N–H and O–H groups in total. The molecule has 1 nitrogen and oxygen atoms in total. The summed E-state index contributed by atoms with van der Waals surface area (Å²) >= 11 is 0. The molecule has 0 atom stereocenters. The Kier molecular flexibility index (Phi) is 11.1. The van der Waals surface area contributed by atoms with Crippen molar-refractivity contribution in [2.45, 2.75) is 58.3 Å². The van der Waals surface area contributed by atoms with Crippen LogP contribution in [0.25, 0.3) is 0 Å². The van der Waals surface area contributed by atoms with E-state index < -0.39 is 0 Å². The van der Waals surface area contributed by atoms with Gasteiger partial charge >= 0.3 is 0 Å². The largest absolute Gasteiger partial charge is 0.396 e. The van der Waals surface area contributed by atoms with Gasteiger partial charge in [0.15, 0.2) is 0 Å². The summed E-state index contributed by atoms with van der Waals surface area (Å²) in [5.74, 6) is 0. The van der Waals surface area contributed by atoms with E-state index in [9.17, 15) is 0 Å². The van der Waals surface area contributed by atoms with Gasteiger partial charge in [0.2, 0.25) is 0 Å². The maximum Gasteiger partial charge on any atom is 0.0431 e. The smallest absolute Gasteiger partial charge is 0.0431 e. The van der Waals surface area contributed by atoms with Crippen LogP contribution >= 0.6 is 0 Å². The normalized spacial score (nSPS) is 11.1. The van der Waals surface area contributed by atoms with E-state index in [0.717, 1.165) is 12.8 Å². The van der Waals surface area contributed by atoms with E-state index in [1.54, 1.807) is 0 Å². The van der Waals surface area contributed by atoms with Gasteiger partial charge in [-0.3, -0.25) is 0 Å². The molecular formula is C14H26O. The molecule has 0 radical (unpaired) electrons. The fraction of sp³-hybridized carbons (Fsp3) is 0.714. The Morgan fingerprint density at radius 3 is 2.07 bits per heavy atom. The van der Waals surface area contributed by atoms with E-state index in [0.29, 0.717) is 6.61 Å². The van der Waals surface area contributed by atoms with Gasteiger partial charge in [0.1, 0.15) is 0 Å². The first-order valence-corrected chi connectivity index (χ1v) is 6.22. The molecule has 0 saturated carbocycles. The average Bonchev–Trinajstić information content (AvgIpc) is 2.22. The van der Waals surface area contributed by atoms with Crippen molar-refractivity contribution in [1.82, 2.24) is 0 Å². The molecule has 88 valence electrons. The third kappa shape index (κ3) is 11.4. The van der Waals surface area contributed by atoms with Gasteiger partial charge in [-0.15, -0.1) is 0 Å². The number of rotatable bonds is 10. The third-order valence-corrected chi connectivity index (χ3v) is 2.56. The molecule has 0 aromatic rings. The fourth-order valence-electron chi connectivity index (χ4n) is 1.67. The predicted octanol–water partition coefficient (Wildman–Crippen LogP) is 4.23. The molecular weight excluding hydrogens is 184 g/mol. The van der Waals surface area contributed by atoms with Crippen molar-refractivity contribution in [3.63, 3.8) is 0 Å². The second-order valence-electron chi connectivity index (χ2n) is 4.11. The van der Waals surface area contributed by atoms with Crippen LogP contribution < -0.4 is 0 Å². The molecule has 0 aromatic carbocycles. The van der Waals surface area contributed by atoms with E-state index in [1.807, 2.05) is 6.92 Å². The van der Waals surface area contributed by atoms with Crippen LogP contribution in [0.3, 0.4) is 0 Å². The van der Waals surface area contributed by atoms with E-state index in [4.69, 9.17) is 5.11 Å². The molecule has 0 bridgehead atoms. The van der Waals surface area contributed by atoms with Crippen LogP contribution in [0.1, 0.15) is 58.3 Å². The van der Waals surface area contributed by atoms with Crippen molar-refractivity contribution in [3.05, 3.63) is 24.3 Å². The predicted molar refractivity (Wildman–Crippen MR) is 68.0 cm³/mol. The van der Waals surface area contributed by atoms with Crippen LogP contribution in [0, 0.1) is 0 Å². The summed E-state index contributed by atoms with van der Waals surface area (Å²) in [6.07, 6.45) is 13.9. The fourth-order valence-corrected chi connectivity index (χ4v) is 1.67. The minimum Gasteiger partial charge on any atom is -0.396 e. The number of aliphatic hydroxyl groups is 1. The lowest BCUT2D eigenvalue weighted by Crippen LogP contribution is -1.84. The van der Waals surface area contributed by atoms with Gasteiger partial charge in [0, 0.05) is 6.61 Å². The van der Waals surface area contributed by atoms with Gasteiger partial charge in [-0.1, -0.05) is 56.4 Å². The average molecular weight is 210 g/mol. The second kappa shape index (κ2) is 11.5. The Bertz CT molecular complexity index is 170. The zero-order chi connectivity index (χ0) is 11.4. The van der Waals surface area contributed by atoms with E-state index in [2.05, 4.69) is 18.7 Å². The highest BCUT2D eigenvalue weighted by molar-refractivity contribution is 5.12. The van der Waals surface area contributed by atoms with E-state index >= 15 is 0 Å². The highest BCUT2D eigenvalue weighted by Gasteiger charge is 1.92. The minimum absolute atomic E-state index is 0.350. The molecule has 0 heterocycles. The molecule has 0 unspecified atom stereocenters. The molecule has 0 aliphatic carbocycles. The second-order valence-corrected chi connectivity index (χ2v) is 4.11. The molecule has 0 rings (SSSR count). The third-order valence-electron chi connectivity index (χ3n) is 2.56. The lowest BCUT2D eigenvalue weighted by Gasteiger charge is -2.01. The highest BCUT2D eigenvalue weighted by Crippen LogP contribution is 2.11. The first-order valence-electron chi connectivity index (χ1n) is 6.22. The van der Waals surface area contributed by atoms with Crippen LogP contribution in [-0.4, -0.2) is 11.7 Å². The van der Waals surface area contributed by atoms with Gasteiger partial charge in [-0.25, -0.2) is 0 Å². The Morgan fingerprint density at radius 2 is 1.53 bits per heavy atom. The van der Waals surface area contributed by atoms with Crippen LogP contribution in [0.2, 0.25) is 0 Å². The van der Waals surface area contributed by atoms with Crippen LogP contribution in [0.15, 0.2) is 24.3 Å². The van der Waals surface area contributed by atoms with Gasteiger partial charge in [0.05, 0.1) is 0 Å². The summed E-state index contributed by atoms with van der Waals surface area (Å²) in [6.45, 7) is 6.37. The molecule has 0 amide bonds. The number of aliphatic hydroxyl groups excluding tert-OH is 1. The molecule has 0 spiro atoms. The Balaban J connectivity index is 3.08. The van der Waals surface area contributed by atoms with Crippen molar-refractivity contribution < 1.29 is 5.11 Å². The van der Waals surface area contributed by atoms with E-state index in [-0.39, 0.29) is 0 Å². The Labute approximate surface area is 94.9 Å². The van der Waals surface area contributed by atoms with Gasteiger partial charge < -0.3 is 5.11 Å². The van der Waals surface area contributed by atoms with Crippen LogP contribution in [0.5, 0.6) is 0 Å². The zero-order valence-electron chi connectivity index (χ0n) is 10.2. The highest BCUT2D eigenvalue weighted by atomic mass is 16.2. The van der Waals surface area contributed by atoms with E-state index in [1.165, 1.54) is 44.1 Å². The summed E-state index contributed by atoms with van der Waals surface area (Å²) in [6, 6.07) is 0. The first kappa shape index (κ1) is 14.4. The molecule has 0 fully saturated rings. The summed E-state index contributed by atoms with van der Waals surface area (Å²) in [5.41, 5.74) is 1.25.